The average molecular weight is 414 g/mol. The van der Waals surface area contributed by atoms with Crippen molar-refractivity contribution in [2.45, 2.75) is 28.0 Å². The third kappa shape index (κ3) is 4.17. The SMILES string of the molecule is Cc1ccc(CC(=[OH+])OS(c2ccccc2)(c2ccccc2)c2ccccc2)cc1. The Balaban J connectivity index is 1.82. The first-order valence-electron chi connectivity index (χ1n) is 9.97. The van der Waals surface area contributed by atoms with Gasteiger partial charge < -0.3 is 4.79 Å². The number of benzene rings is 4. The Morgan fingerprint density at radius 2 is 1.03 bits per heavy atom. The second kappa shape index (κ2) is 9.02. The van der Waals surface area contributed by atoms with Gasteiger partial charge in [-0.15, -0.1) is 0 Å². The highest BCUT2D eigenvalue weighted by Gasteiger charge is 2.42. The second-order valence-electron chi connectivity index (χ2n) is 7.13. The van der Waals surface area contributed by atoms with Crippen molar-refractivity contribution in [2.24, 2.45) is 0 Å². The Morgan fingerprint density at radius 3 is 1.43 bits per heavy atom. The lowest BCUT2D eigenvalue weighted by molar-refractivity contribution is 0.486. The topological polar surface area (TPSA) is 30.6 Å². The van der Waals surface area contributed by atoms with Crippen LogP contribution in [-0.4, -0.2) is 10.8 Å². The summed E-state index contributed by atoms with van der Waals surface area (Å²) >= 11 is 0. The van der Waals surface area contributed by atoms with Gasteiger partial charge in [0, 0.05) is 0 Å². The Hall–Kier alpha value is -3.30. The van der Waals surface area contributed by atoms with E-state index < -0.39 is 10.3 Å². The number of aryl methyl sites for hydroxylation is 1. The Bertz CT molecular complexity index is 995. The highest BCUT2D eigenvalue weighted by atomic mass is 32.3. The van der Waals surface area contributed by atoms with Gasteiger partial charge in [-0.05, 0) is 48.9 Å². The first-order chi connectivity index (χ1) is 14.7. The van der Waals surface area contributed by atoms with E-state index in [1.165, 1.54) is 5.56 Å². The van der Waals surface area contributed by atoms with Crippen molar-refractivity contribution in [1.82, 2.24) is 0 Å². The maximum absolute atomic E-state index is 11.0. The lowest BCUT2D eigenvalue weighted by Crippen LogP contribution is -2.15. The van der Waals surface area contributed by atoms with Gasteiger partial charge in [0.25, 0.3) is 0 Å². The molecule has 2 nitrogen and oxygen atoms in total. The number of rotatable bonds is 6. The molecule has 4 rings (SSSR count). The van der Waals surface area contributed by atoms with Crippen LogP contribution in [0.15, 0.2) is 130 Å². The molecule has 30 heavy (non-hydrogen) atoms. The summed E-state index contributed by atoms with van der Waals surface area (Å²) in [6.45, 7) is 2.05. The standard InChI is InChI=1S/C27H24O2S/c1-22-17-19-23(20-18-22)21-27(28)29-30(24-11-5-2-6-12-24,25-13-7-3-8-14-25)26-15-9-4-10-16-26/h2-20H,21H2,1H3/p+1. The van der Waals surface area contributed by atoms with E-state index in [0.29, 0.717) is 6.42 Å². The smallest absolute Gasteiger partial charge is 0.338 e. The fraction of sp³-hybridized carbons (Fsp3) is 0.0741. The van der Waals surface area contributed by atoms with Crippen LogP contribution in [0.1, 0.15) is 11.1 Å². The number of carbonyl (C=O) groups excluding carboxylic acids is 1. The molecule has 3 heteroatoms. The van der Waals surface area contributed by atoms with E-state index in [2.05, 4.69) is 43.3 Å². The predicted octanol–water partition coefficient (Wildman–Crippen LogP) is 6.95. The first-order valence-corrected chi connectivity index (χ1v) is 11.5. The number of hydrogen-bond donors (Lipinski definition) is 0. The molecule has 0 spiro atoms. The van der Waals surface area contributed by atoms with Gasteiger partial charge in [0.15, 0.2) is 0 Å². The Kier molecular flexibility index (Phi) is 6.01. The minimum absolute atomic E-state index is 0.0189. The van der Waals surface area contributed by atoms with Crippen LogP contribution in [0.2, 0.25) is 0 Å². The lowest BCUT2D eigenvalue weighted by atomic mass is 10.1. The fourth-order valence-corrected chi connectivity index (χ4v) is 6.52. The zero-order valence-electron chi connectivity index (χ0n) is 16.9. The third-order valence-electron chi connectivity index (χ3n) is 4.92. The summed E-state index contributed by atoms with van der Waals surface area (Å²) in [5.74, 6) is 0.0189. The highest BCUT2D eigenvalue weighted by Crippen LogP contribution is 2.69. The zero-order valence-corrected chi connectivity index (χ0v) is 17.8. The summed E-state index contributed by atoms with van der Waals surface area (Å²) in [6.07, 6.45) is 0.349. The molecule has 0 saturated carbocycles. The van der Waals surface area contributed by atoms with E-state index in [-0.39, 0.29) is 5.97 Å². The van der Waals surface area contributed by atoms with Crippen molar-refractivity contribution >= 4 is 16.3 Å². The largest absolute Gasteiger partial charge is 0.500 e. The first kappa shape index (κ1) is 20.0. The molecule has 150 valence electrons. The summed E-state index contributed by atoms with van der Waals surface area (Å²) in [7, 11) is -2.15. The zero-order chi connectivity index (χ0) is 20.8. The van der Waals surface area contributed by atoms with Crippen molar-refractivity contribution in [3.05, 3.63) is 126 Å². The van der Waals surface area contributed by atoms with E-state index >= 15 is 0 Å². The van der Waals surface area contributed by atoms with Crippen LogP contribution in [0.3, 0.4) is 0 Å². The third-order valence-corrected chi connectivity index (χ3v) is 8.17. The minimum Gasteiger partial charge on any atom is -0.338 e. The molecule has 0 atom stereocenters. The van der Waals surface area contributed by atoms with E-state index in [1.54, 1.807) is 0 Å². The van der Waals surface area contributed by atoms with E-state index in [9.17, 15) is 4.79 Å². The van der Waals surface area contributed by atoms with Gasteiger partial charge in [-0.3, -0.25) is 4.18 Å². The number of hydrogen-bond acceptors (Lipinski definition) is 1. The maximum Gasteiger partial charge on any atom is 0.500 e. The molecule has 0 amide bonds. The van der Waals surface area contributed by atoms with Crippen molar-refractivity contribution in [2.75, 3.05) is 0 Å². The molecule has 0 aliphatic heterocycles. The van der Waals surface area contributed by atoms with E-state index in [1.807, 2.05) is 78.9 Å². The summed E-state index contributed by atoms with van der Waals surface area (Å²) in [6, 6.07) is 38.7. The molecule has 1 N–H and O–H groups in total. The lowest BCUT2D eigenvalue weighted by Gasteiger charge is -2.33. The molecule has 0 aliphatic rings. The summed E-state index contributed by atoms with van der Waals surface area (Å²) in [5, 5.41) is 0. The van der Waals surface area contributed by atoms with E-state index in [4.69, 9.17) is 4.18 Å². The van der Waals surface area contributed by atoms with Gasteiger partial charge in [0.05, 0.1) is 25.0 Å². The molecule has 0 aliphatic carbocycles. The van der Waals surface area contributed by atoms with Gasteiger partial charge in [-0.2, -0.15) is 0 Å². The quantitative estimate of drug-likeness (QED) is 0.315. The predicted molar refractivity (Wildman–Crippen MR) is 125 cm³/mol. The molecule has 0 bridgehead atoms. The molecule has 0 radical (unpaired) electrons. The normalized spacial score (nSPS) is 11.6. The summed E-state index contributed by atoms with van der Waals surface area (Å²) in [5.41, 5.74) is 2.21. The molecular formula is C27H25O2S+. The molecule has 0 saturated heterocycles. The summed E-state index contributed by atoms with van der Waals surface area (Å²) in [4.78, 5) is 14.1. The van der Waals surface area contributed by atoms with Gasteiger partial charge in [-0.1, -0.05) is 84.4 Å². The molecule has 0 fully saturated rings. The monoisotopic (exact) mass is 413 g/mol. The van der Waals surface area contributed by atoms with Crippen LogP contribution in [0, 0.1) is 6.92 Å². The van der Waals surface area contributed by atoms with Crippen LogP contribution in [0.4, 0.5) is 0 Å². The minimum atomic E-state index is -2.15. The van der Waals surface area contributed by atoms with Crippen LogP contribution in [-0.2, 0) is 10.6 Å². The van der Waals surface area contributed by atoms with Crippen LogP contribution >= 0.6 is 10.3 Å². The molecule has 4 aromatic rings. The molecule has 0 aromatic heterocycles. The molecular weight excluding hydrogens is 388 g/mol. The van der Waals surface area contributed by atoms with Crippen molar-refractivity contribution < 1.29 is 8.98 Å². The fourth-order valence-electron chi connectivity index (χ4n) is 3.44. The molecule has 0 unspecified atom stereocenters. The van der Waals surface area contributed by atoms with E-state index in [0.717, 1.165) is 20.2 Å². The van der Waals surface area contributed by atoms with Crippen LogP contribution < -0.4 is 0 Å². The van der Waals surface area contributed by atoms with Crippen molar-refractivity contribution in [3.8, 4) is 0 Å². The van der Waals surface area contributed by atoms with Crippen LogP contribution in [0.25, 0.3) is 0 Å². The van der Waals surface area contributed by atoms with Crippen molar-refractivity contribution in [3.63, 3.8) is 0 Å². The van der Waals surface area contributed by atoms with Gasteiger partial charge in [0.2, 0.25) is 0 Å². The van der Waals surface area contributed by atoms with Gasteiger partial charge in [0.1, 0.15) is 6.42 Å². The van der Waals surface area contributed by atoms with Crippen LogP contribution in [0.5, 0.6) is 0 Å². The second-order valence-corrected chi connectivity index (χ2v) is 9.83. The average Bonchev–Trinajstić information content (AvgIpc) is 2.81. The van der Waals surface area contributed by atoms with Crippen molar-refractivity contribution in [1.29, 1.82) is 0 Å². The molecule has 4 aromatic carbocycles. The van der Waals surface area contributed by atoms with Gasteiger partial charge >= 0.3 is 5.97 Å². The highest BCUT2D eigenvalue weighted by molar-refractivity contribution is 8.30. The van der Waals surface area contributed by atoms with Gasteiger partial charge in [-0.25, -0.2) is 0 Å². The molecule has 0 heterocycles. The Labute approximate surface area is 179 Å². The summed E-state index contributed by atoms with van der Waals surface area (Å²) < 4.78 is 6.59. The maximum atomic E-state index is 11.0. The Morgan fingerprint density at radius 1 is 0.633 bits per heavy atom.